The number of rotatable bonds is 9. The molecule has 1 aliphatic heterocycles. The van der Waals surface area contributed by atoms with E-state index >= 15 is 0 Å². The van der Waals surface area contributed by atoms with Crippen molar-refractivity contribution < 1.29 is 0 Å². The minimum Gasteiger partial charge on any atom is -0.357 e. The molecule has 1 fully saturated rings. The maximum absolute atomic E-state index is 4.70. The van der Waals surface area contributed by atoms with E-state index in [9.17, 15) is 0 Å². The predicted molar refractivity (Wildman–Crippen MR) is 116 cm³/mol. The number of guanidine groups is 1. The van der Waals surface area contributed by atoms with E-state index in [0.717, 1.165) is 38.7 Å². The topological polar surface area (TPSA) is 39.7 Å². The van der Waals surface area contributed by atoms with Crippen LogP contribution >= 0.6 is 35.7 Å². The lowest BCUT2D eigenvalue weighted by Crippen LogP contribution is -2.48. The average molecular weight is 454 g/mol. The highest BCUT2D eigenvalue weighted by Crippen LogP contribution is 2.11. The number of nitrogens with one attached hydrogen (secondary N) is 2. The SMILES string of the molecule is C=C(C)CN1CCC(NC(=NCCCCSC)NCC)CC1.I. The quantitative estimate of drug-likeness (QED) is 0.184. The van der Waals surface area contributed by atoms with Crippen LogP contribution in [0.5, 0.6) is 0 Å². The standard InChI is InChI=1S/C17H34N4S.HI/c1-5-18-17(19-10-6-7-13-22-4)20-16-8-11-21(12-9-16)14-15(2)3;/h16H,2,5-14H2,1,3-4H3,(H2,18,19,20);1H. The molecule has 0 aromatic heterocycles. The number of thioether (sulfide) groups is 1. The Morgan fingerprint density at radius 2 is 2.00 bits per heavy atom. The molecule has 2 N–H and O–H groups in total. The Balaban J connectivity index is 0.00000484. The van der Waals surface area contributed by atoms with Gasteiger partial charge in [-0.05, 0) is 51.5 Å². The van der Waals surface area contributed by atoms with Gasteiger partial charge in [0.1, 0.15) is 0 Å². The fourth-order valence-corrected chi connectivity index (χ4v) is 3.17. The molecule has 0 radical (unpaired) electrons. The lowest BCUT2D eigenvalue weighted by atomic mass is 10.0. The summed E-state index contributed by atoms with van der Waals surface area (Å²) >= 11 is 1.91. The molecule has 0 bridgehead atoms. The largest absolute Gasteiger partial charge is 0.357 e. The highest BCUT2D eigenvalue weighted by atomic mass is 127. The van der Waals surface area contributed by atoms with E-state index in [0.29, 0.717) is 6.04 Å². The molecule has 136 valence electrons. The summed E-state index contributed by atoms with van der Waals surface area (Å²) in [7, 11) is 0. The molecule has 0 aromatic rings. The summed E-state index contributed by atoms with van der Waals surface area (Å²) in [5.74, 6) is 2.23. The normalized spacial score (nSPS) is 16.7. The molecule has 1 rings (SSSR count). The Kier molecular flexibility index (Phi) is 14.4. The van der Waals surface area contributed by atoms with E-state index in [1.54, 1.807) is 0 Å². The van der Waals surface area contributed by atoms with E-state index in [4.69, 9.17) is 4.99 Å². The number of hydrogen-bond acceptors (Lipinski definition) is 3. The molecule has 0 unspecified atom stereocenters. The summed E-state index contributed by atoms with van der Waals surface area (Å²) in [5.41, 5.74) is 1.26. The van der Waals surface area contributed by atoms with Gasteiger partial charge in [-0.2, -0.15) is 11.8 Å². The van der Waals surface area contributed by atoms with Crippen LogP contribution in [-0.4, -0.2) is 61.6 Å². The first-order valence-electron chi connectivity index (χ1n) is 8.56. The molecule has 23 heavy (non-hydrogen) atoms. The third-order valence-electron chi connectivity index (χ3n) is 3.79. The molecule has 4 nitrogen and oxygen atoms in total. The van der Waals surface area contributed by atoms with Crippen LogP contribution < -0.4 is 10.6 Å². The van der Waals surface area contributed by atoms with Crippen molar-refractivity contribution in [1.29, 1.82) is 0 Å². The molecular weight excluding hydrogens is 419 g/mol. The number of halogens is 1. The summed E-state index contributed by atoms with van der Waals surface area (Å²) in [5, 5.41) is 6.98. The first-order valence-corrected chi connectivity index (χ1v) is 9.95. The van der Waals surface area contributed by atoms with Crippen molar-refractivity contribution in [2.75, 3.05) is 44.7 Å². The smallest absolute Gasteiger partial charge is 0.191 e. The highest BCUT2D eigenvalue weighted by Gasteiger charge is 2.19. The van der Waals surface area contributed by atoms with Crippen LogP contribution in [0.4, 0.5) is 0 Å². The summed E-state index contributed by atoms with van der Waals surface area (Å²) in [6.07, 6.45) is 6.96. The van der Waals surface area contributed by atoms with Crippen molar-refractivity contribution in [3.63, 3.8) is 0 Å². The third kappa shape index (κ3) is 11.3. The average Bonchev–Trinajstić information content (AvgIpc) is 2.48. The minimum absolute atomic E-state index is 0. The van der Waals surface area contributed by atoms with Crippen LogP contribution in [0.25, 0.3) is 0 Å². The molecule has 0 atom stereocenters. The lowest BCUT2D eigenvalue weighted by molar-refractivity contribution is 0.221. The number of nitrogens with zero attached hydrogens (tertiary/aromatic N) is 2. The van der Waals surface area contributed by atoms with Crippen LogP contribution in [-0.2, 0) is 0 Å². The van der Waals surface area contributed by atoms with Crippen LogP contribution in [0.1, 0.15) is 39.5 Å². The number of unbranched alkanes of at least 4 members (excludes halogenated alkanes) is 1. The molecule has 0 spiro atoms. The molecule has 0 amide bonds. The Morgan fingerprint density at radius 3 is 2.57 bits per heavy atom. The fourth-order valence-electron chi connectivity index (χ4n) is 2.68. The van der Waals surface area contributed by atoms with E-state index < -0.39 is 0 Å². The van der Waals surface area contributed by atoms with E-state index in [2.05, 4.69) is 42.2 Å². The van der Waals surface area contributed by atoms with Gasteiger partial charge in [-0.3, -0.25) is 9.89 Å². The monoisotopic (exact) mass is 454 g/mol. The van der Waals surface area contributed by atoms with Gasteiger partial charge in [0.2, 0.25) is 0 Å². The van der Waals surface area contributed by atoms with Gasteiger partial charge in [-0.15, -0.1) is 24.0 Å². The van der Waals surface area contributed by atoms with Crippen molar-refractivity contribution in [1.82, 2.24) is 15.5 Å². The molecule has 1 heterocycles. The number of piperidine rings is 1. The summed E-state index contributed by atoms with van der Waals surface area (Å²) in [4.78, 5) is 7.20. The zero-order valence-electron chi connectivity index (χ0n) is 15.1. The van der Waals surface area contributed by atoms with Crippen molar-refractivity contribution >= 4 is 41.7 Å². The molecule has 0 aromatic carbocycles. The van der Waals surface area contributed by atoms with Gasteiger partial charge in [0.25, 0.3) is 0 Å². The maximum atomic E-state index is 4.70. The molecule has 0 aliphatic carbocycles. The Morgan fingerprint density at radius 1 is 1.30 bits per heavy atom. The van der Waals surface area contributed by atoms with Crippen molar-refractivity contribution in [3.8, 4) is 0 Å². The molecule has 0 saturated carbocycles. The van der Waals surface area contributed by atoms with Crippen molar-refractivity contribution in [2.24, 2.45) is 4.99 Å². The van der Waals surface area contributed by atoms with Crippen molar-refractivity contribution in [3.05, 3.63) is 12.2 Å². The Bertz CT molecular complexity index is 341. The number of aliphatic imine (C=N–C) groups is 1. The van der Waals surface area contributed by atoms with Crippen LogP contribution in [0.15, 0.2) is 17.1 Å². The van der Waals surface area contributed by atoms with Crippen LogP contribution in [0.3, 0.4) is 0 Å². The molecule has 6 heteroatoms. The van der Waals surface area contributed by atoms with Gasteiger partial charge in [-0.1, -0.05) is 12.2 Å². The Labute approximate surface area is 164 Å². The fraction of sp³-hybridized carbons (Fsp3) is 0.824. The van der Waals surface area contributed by atoms with Gasteiger partial charge in [-0.25, -0.2) is 0 Å². The first kappa shape index (κ1) is 23.1. The lowest BCUT2D eigenvalue weighted by Gasteiger charge is -2.33. The van der Waals surface area contributed by atoms with E-state index in [1.807, 2.05) is 11.8 Å². The van der Waals surface area contributed by atoms with Gasteiger partial charge in [0.05, 0.1) is 0 Å². The minimum atomic E-state index is 0. The zero-order chi connectivity index (χ0) is 16.2. The van der Waals surface area contributed by atoms with Gasteiger partial charge in [0.15, 0.2) is 5.96 Å². The second-order valence-electron chi connectivity index (χ2n) is 6.11. The number of hydrogen-bond donors (Lipinski definition) is 2. The molecule has 1 aliphatic rings. The highest BCUT2D eigenvalue weighted by molar-refractivity contribution is 14.0. The number of likely N-dealkylation sites (tertiary alicyclic amines) is 1. The Hall–Kier alpha value is 0.0500. The maximum Gasteiger partial charge on any atom is 0.191 e. The van der Waals surface area contributed by atoms with Gasteiger partial charge in [0, 0.05) is 38.8 Å². The third-order valence-corrected chi connectivity index (χ3v) is 4.49. The molecular formula is C17H35IN4S. The second-order valence-corrected chi connectivity index (χ2v) is 7.10. The first-order chi connectivity index (χ1) is 10.7. The van der Waals surface area contributed by atoms with Crippen molar-refractivity contribution in [2.45, 2.75) is 45.6 Å². The zero-order valence-corrected chi connectivity index (χ0v) is 18.2. The van der Waals surface area contributed by atoms with E-state index in [-0.39, 0.29) is 24.0 Å². The van der Waals surface area contributed by atoms with Crippen LogP contribution in [0.2, 0.25) is 0 Å². The summed E-state index contributed by atoms with van der Waals surface area (Å²) < 4.78 is 0. The van der Waals surface area contributed by atoms with Gasteiger partial charge < -0.3 is 10.6 Å². The summed E-state index contributed by atoms with van der Waals surface area (Å²) in [6.45, 7) is 13.4. The van der Waals surface area contributed by atoms with Gasteiger partial charge >= 0.3 is 0 Å². The summed E-state index contributed by atoms with van der Waals surface area (Å²) in [6, 6.07) is 0.547. The van der Waals surface area contributed by atoms with E-state index in [1.165, 1.54) is 37.0 Å². The predicted octanol–water partition coefficient (Wildman–Crippen LogP) is 3.34. The second kappa shape index (κ2) is 14.4. The molecule has 1 saturated heterocycles. The van der Waals surface area contributed by atoms with Crippen LogP contribution in [0, 0.1) is 0 Å².